The molecule has 0 bridgehead atoms. The van der Waals surface area contributed by atoms with Crippen molar-refractivity contribution in [2.45, 2.75) is 6.92 Å². The van der Waals surface area contributed by atoms with Crippen molar-refractivity contribution in [1.29, 1.82) is 5.26 Å². The van der Waals surface area contributed by atoms with Crippen molar-refractivity contribution < 1.29 is 27.9 Å². The lowest BCUT2D eigenvalue weighted by Gasteiger charge is -2.13. The van der Waals surface area contributed by atoms with Crippen LogP contribution in [0.4, 0.5) is 14.5 Å². The molecule has 3 aromatic rings. The molecular weight excluding hydrogens is 454 g/mol. The number of ether oxygens (including phenoxy) is 1. The van der Waals surface area contributed by atoms with Crippen LogP contribution < -0.4 is 10.1 Å². The largest absolute Gasteiger partial charge is 0.483 e. The maximum absolute atomic E-state index is 14.1. The van der Waals surface area contributed by atoms with Crippen molar-refractivity contribution in [2.75, 3.05) is 11.9 Å². The molecule has 3 rings (SSSR count). The Morgan fingerprint density at radius 3 is 2.61 bits per heavy atom. The molecule has 0 aromatic heterocycles. The Morgan fingerprint density at radius 1 is 1.15 bits per heavy atom. The third-order valence-corrected chi connectivity index (χ3v) is 4.89. The molecule has 0 fully saturated rings. The first kappa shape index (κ1) is 23.6. The van der Waals surface area contributed by atoms with Crippen LogP contribution in [-0.4, -0.2) is 24.6 Å². The zero-order chi connectivity index (χ0) is 24.1. The fourth-order valence-electron chi connectivity index (χ4n) is 3.01. The summed E-state index contributed by atoms with van der Waals surface area (Å²) in [5.41, 5.74) is -0.0714. The molecule has 9 heteroatoms. The van der Waals surface area contributed by atoms with Gasteiger partial charge < -0.3 is 10.1 Å². The average molecular weight is 469 g/mol. The van der Waals surface area contributed by atoms with Crippen molar-refractivity contribution in [1.82, 2.24) is 0 Å². The maximum atomic E-state index is 14.1. The van der Waals surface area contributed by atoms with Gasteiger partial charge in [0.05, 0.1) is 22.8 Å². The number of nitriles is 1. The first-order valence-corrected chi connectivity index (χ1v) is 9.83. The van der Waals surface area contributed by atoms with Crippen LogP contribution in [-0.2, 0) is 4.79 Å². The van der Waals surface area contributed by atoms with Crippen LogP contribution >= 0.6 is 11.6 Å². The minimum Gasteiger partial charge on any atom is -0.483 e. The Labute approximate surface area is 192 Å². The van der Waals surface area contributed by atoms with Crippen LogP contribution in [0, 0.1) is 29.9 Å². The molecule has 0 spiro atoms. The third kappa shape index (κ3) is 5.40. The maximum Gasteiger partial charge on any atom is 0.262 e. The molecule has 0 saturated heterocycles. The number of hydrogen-bond donors (Lipinski definition) is 1. The number of halogens is 3. The summed E-state index contributed by atoms with van der Waals surface area (Å²) in [6, 6.07) is 11.7. The predicted molar refractivity (Wildman–Crippen MR) is 117 cm³/mol. The zero-order valence-corrected chi connectivity index (χ0v) is 17.9. The van der Waals surface area contributed by atoms with E-state index in [0.29, 0.717) is 6.29 Å². The zero-order valence-electron chi connectivity index (χ0n) is 17.1. The predicted octanol–water partition coefficient (Wildman–Crippen LogP) is 4.86. The van der Waals surface area contributed by atoms with Gasteiger partial charge in [-0.25, -0.2) is 8.78 Å². The van der Waals surface area contributed by atoms with Gasteiger partial charge in [-0.2, -0.15) is 5.26 Å². The number of carbonyl (C=O) groups is 3. The monoisotopic (exact) mass is 468 g/mol. The Morgan fingerprint density at radius 2 is 1.91 bits per heavy atom. The minimum absolute atomic E-state index is 0.00141. The summed E-state index contributed by atoms with van der Waals surface area (Å²) in [7, 11) is 0. The molecule has 6 nitrogen and oxygen atoms in total. The molecule has 0 saturated carbocycles. The van der Waals surface area contributed by atoms with Crippen molar-refractivity contribution in [3.8, 4) is 11.8 Å². The van der Waals surface area contributed by atoms with Crippen molar-refractivity contribution >= 4 is 35.3 Å². The molecule has 1 N–H and O–H groups in total. The summed E-state index contributed by atoms with van der Waals surface area (Å²) in [5.74, 6) is -2.82. The summed E-state index contributed by atoms with van der Waals surface area (Å²) in [6.07, 6.45) is 0.369. The Balaban J connectivity index is 1.80. The topological polar surface area (TPSA) is 96.3 Å². The molecule has 3 aromatic carbocycles. The highest BCUT2D eigenvalue weighted by Crippen LogP contribution is 2.27. The summed E-state index contributed by atoms with van der Waals surface area (Å²) >= 11 is 5.99. The number of ketones is 1. The van der Waals surface area contributed by atoms with E-state index in [9.17, 15) is 23.2 Å². The molecular formula is C24H15ClF2N2O4. The van der Waals surface area contributed by atoms with Crippen LogP contribution in [0.5, 0.6) is 5.75 Å². The molecule has 33 heavy (non-hydrogen) atoms. The van der Waals surface area contributed by atoms with Gasteiger partial charge in [0.2, 0.25) is 0 Å². The van der Waals surface area contributed by atoms with Gasteiger partial charge in [0.1, 0.15) is 17.4 Å². The fraction of sp³-hybridized carbons (Fsp3) is 0.0833. The Kier molecular flexibility index (Phi) is 7.16. The van der Waals surface area contributed by atoms with Crippen molar-refractivity contribution in [3.63, 3.8) is 0 Å². The lowest BCUT2D eigenvalue weighted by Crippen LogP contribution is -2.21. The van der Waals surface area contributed by atoms with E-state index in [-0.39, 0.29) is 44.3 Å². The first-order chi connectivity index (χ1) is 15.7. The standard InChI is InChI=1S/C24H15ClF2N2O4/c1-13-20(4-2-15(11-30)23(13)27)29-22(31)12-33-21-5-3-17(25)9-19(21)24(32)16-6-14(10-28)7-18(26)8-16/h2-9,11H,12H2,1H3,(H,29,31). The summed E-state index contributed by atoms with van der Waals surface area (Å²) in [4.78, 5) is 36.1. The number of anilines is 1. The normalized spacial score (nSPS) is 10.3. The summed E-state index contributed by atoms with van der Waals surface area (Å²) in [6.45, 7) is 0.869. The van der Waals surface area contributed by atoms with Gasteiger partial charge in [-0.05, 0) is 55.5 Å². The van der Waals surface area contributed by atoms with Crippen LogP contribution in [0.15, 0.2) is 48.5 Å². The van der Waals surface area contributed by atoms with E-state index in [4.69, 9.17) is 21.6 Å². The quantitative estimate of drug-likeness (QED) is 0.394. The number of nitrogens with zero attached hydrogens (tertiary/aromatic N) is 1. The first-order valence-electron chi connectivity index (χ1n) is 9.45. The number of nitrogens with one attached hydrogen (secondary N) is 1. The second-order valence-corrected chi connectivity index (χ2v) is 7.34. The number of rotatable bonds is 7. The van der Waals surface area contributed by atoms with Gasteiger partial charge in [0.25, 0.3) is 5.91 Å². The van der Waals surface area contributed by atoms with Crippen molar-refractivity contribution in [2.24, 2.45) is 0 Å². The number of hydrogen-bond acceptors (Lipinski definition) is 5. The van der Waals surface area contributed by atoms with Gasteiger partial charge in [-0.15, -0.1) is 0 Å². The van der Waals surface area contributed by atoms with Crippen LogP contribution in [0.25, 0.3) is 0 Å². The van der Waals surface area contributed by atoms with E-state index >= 15 is 0 Å². The van der Waals surface area contributed by atoms with E-state index in [1.165, 1.54) is 43.3 Å². The van der Waals surface area contributed by atoms with E-state index < -0.39 is 29.9 Å². The molecule has 0 unspecified atom stereocenters. The number of carbonyl (C=O) groups excluding carboxylic acids is 3. The summed E-state index contributed by atoms with van der Waals surface area (Å²) in [5, 5.41) is 11.7. The number of aldehydes is 1. The smallest absolute Gasteiger partial charge is 0.262 e. The molecule has 0 radical (unpaired) electrons. The molecule has 0 heterocycles. The van der Waals surface area contributed by atoms with E-state index in [0.717, 1.165) is 12.1 Å². The Bertz CT molecular complexity index is 1320. The number of amides is 1. The molecule has 1 amide bonds. The Hall–Kier alpha value is -4.09. The summed E-state index contributed by atoms with van der Waals surface area (Å²) < 4.78 is 33.3. The SMILES string of the molecule is Cc1c(NC(=O)COc2ccc(Cl)cc2C(=O)c2cc(F)cc(C#N)c2)ccc(C=O)c1F. The minimum atomic E-state index is -0.760. The molecule has 166 valence electrons. The highest BCUT2D eigenvalue weighted by atomic mass is 35.5. The molecule has 0 aliphatic rings. The second kappa shape index (κ2) is 10.0. The van der Waals surface area contributed by atoms with Gasteiger partial charge >= 0.3 is 0 Å². The molecule has 0 atom stereocenters. The average Bonchev–Trinajstić information content (AvgIpc) is 2.80. The second-order valence-electron chi connectivity index (χ2n) is 6.91. The fourth-order valence-corrected chi connectivity index (χ4v) is 3.18. The van der Waals surface area contributed by atoms with Gasteiger partial charge in [-0.1, -0.05) is 11.6 Å². The highest BCUT2D eigenvalue weighted by Gasteiger charge is 2.19. The van der Waals surface area contributed by atoms with E-state index in [2.05, 4.69) is 5.32 Å². The van der Waals surface area contributed by atoms with Gasteiger partial charge in [0, 0.05) is 21.8 Å². The molecule has 0 aliphatic heterocycles. The lowest BCUT2D eigenvalue weighted by molar-refractivity contribution is -0.118. The third-order valence-electron chi connectivity index (χ3n) is 4.65. The lowest BCUT2D eigenvalue weighted by atomic mass is 10.0. The van der Waals surface area contributed by atoms with E-state index in [1.807, 2.05) is 0 Å². The van der Waals surface area contributed by atoms with Gasteiger partial charge in [-0.3, -0.25) is 14.4 Å². The van der Waals surface area contributed by atoms with Crippen LogP contribution in [0.3, 0.4) is 0 Å². The van der Waals surface area contributed by atoms with Crippen molar-refractivity contribution in [3.05, 3.63) is 93.0 Å². The van der Waals surface area contributed by atoms with E-state index in [1.54, 1.807) is 6.07 Å². The van der Waals surface area contributed by atoms with Gasteiger partial charge in [0.15, 0.2) is 18.7 Å². The van der Waals surface area contributed by atoms with Crippen LogP contribution in [0.2, 0.25) is 5.02 Å². The number of benzene rings is 3. The molecule has 0 aliphatic carbocycles. The van der Waals surface area contributed by atoms with Crippen LogP contribution in [0.1, 0.15) is 37.4 Å². The highest BCUT2D eigenvalue weighted by molar-refractivity contribution is 6.31.